The SMILES string of the molecule is Cc1ccc(N2CC(C(=O)N3CCC(C)C(O)C3)CC2=O)c(F)c1. The number of piperidine rings is 1. The highest BCUT2D eigenvalue weighted by atomic mass is 19.1. The van der Waals surface area contributed by atoms with Crippen molar-refractivity contribution in [1.29, 1.82) is 0 Å². The molecule has 3 unspecified atom stereocenters. The Balaban J connectivity index is 1.71. The van der Waals surface area contributed by atoms with Gasteiger partial charge < -0.3 is 14.9 Å². The van der Waals surface area contributed by atoms with Crippen LogP contribution in [0.25, 0.3) is 0 Å². The van der Waals surface area contributed by atoms with Gasteiger partial charge in [-0.2, -0.15) is 0 Å². The smallest absolute Gasteiger partial charge is 0.228 e. The lowest BCUT2D eigenvalue weighted by molar-refractivity contribution is -0.139. The molecular weight excluding hydrogens is 311 g/mol. The first-order valence-electron chi connectivity index (χ1n) is 8.40. The number of rotatable bonds is 2. The molecule has 2 amide bonds. The van der Waals surface area contributed by atoms with E-state index in [0.29, 0.717) is 13.1 Å². The molecule has 24 heavy (non-hydrogen) atoms. The molecule has 0 aromatic heterocycles. The van der Waals surface area contributed by atoms with Crippen molar-refractivity contribution in [2.45, 2.75) is 32.8 Å². The Labute approximate surface area is 141 Å². The molecule has 0 bridgehead atoms. The molecule has 5 nitrogen and oxygen atoms in total. The van der Waals surface area contributed by atoms with Gasteiger partial charge in [-0.3, -0.25) is 9.59 Å². The van der Waals surface area contributed by atoms with Crippen LogP contribution in [0, 0.1) is 24.6 Å². The molecule has 3 atom stereocenters. The molecule has 1 aromatic rings. The van der Waals surface area contributed by atoms with E-state index >= 15 is 0 Å². The Hall–Kier alpha value is -1.95. The molecule has 2 aliphatic rings. The van der Waals surface area contributed by atoms with Crippen LogP contribution in [0.4, 0.5) is 10.1 Å². The third kappa shape index (κ3) is 3.15. The van der Waals surface area contributed by atoms with Crippen LogP contribution in [0.5, 0.6) is 0 Å². The largest absolute Gasteiger partial charge is 0.391 e. The lowest BCUT2D eigenvalue weighted by atomic mass is 9.94. The zero-order chi connectivity index (χ0) is 17.4. The van der Waals surface area contributed by atoms with Crippen LogP contribution in [0.15, 0.2) is 18.2 Å². The van der Waals surface area contributed by atoms with Crippen molar-refractivity contribution in [1.82, 2.24) is 4.90 Å². The van der Waals surface area contributed by atoms with E-state index in [1.165, 1.54) is 11.0 Å². The quantitative estimate of drug-likeness (QED) is 0.896. The van der Waals surface area contributed by atoms with Gasteiger partial charge in [-0.1, -0.05) is 13.0 Å². The van der Waals surface area contributed by atoms with E-state index in [1.54, 1.807) is 24.0 Å². The normalized spacial score (nSPS) is 27.7. The molecule has 130 valence electrons. The molecule has 2 heterocycles. The third-order valence-electron chi connectivity index (χ3n) is 5.10. The molecule has 2 saturated heterocycles. The molecule has 0 spiro atoms. The molecule has 0 aliphatic carbocycles. The van der Waals surface area contributed by atoms with Crippen molar-refractivity contribution < 1.29 is 19.1 Å². The average molecular weight is 334 g/mol. The topological polar surface area (TPSA) is 60.9 Å². The number of β-amino-alcohol motifs (C(OH)–C–C–N with tert-alkyl or cyclic N) is 1. The van der Waals surface area contributed by atoms with E-state index in [4.69, 9.17) is 0 Å². The summed E-state index contributed by atoms with van der Waals surface area (Å²) in [6, 6.07) is 4.73. The van der Waals surface area contributed by atoms with Gasteiger partial charge in [0, 0.05) is 26.1 Å². The number of hydrogen-bond acceptors (Lipinski definition) is 3. The summed E-state index contributed by atoms with van der Waals surface area (Å²) in [5.41, 5.74) is 1.01. The number of nitrogens with zero attached hydrogens (tertiary/aromatic N) is 2. The number of benzene rings is 1. The molecule has 1 aromatic carbocycles. The molecule has 0 radical (unpaired) electrons. The summed E-state index contributed by atoms with van der Waals surface area (Å²) < 4.78 is 14.1. The van der Waals surface area contributed by atoms with Gasteiger partial charge in [0.05, 0.1) is 17.7 Å². The van der Waals surface area contributed by atoms with Crippen LogP contribution in [-0.4, -0.2) is 47.6 Å². The Kier molecular flexibility index (Phi) is 4.58. The summed E-state index contributed by atoms with van der Waals surface area (Å²) in [5.74, 6) is -1.10. The number of aryl methyl sites for hydroxylation is 1. The van der Waals surface area contributed by atoms with Crippen molar-refractivity contribution in [2.75, 3.05) is 24.5 Å². The van der Waals surface area contributed by atoms with Gasteiger partial charge >= 0.3 is 0 Å². The summed E-state index contributed by atoms with van der Waals surface area (Å²) in [7, 11) is 0. The van der Waals surface area contributed by atoms with Gasteiger partial charge in [-0.05, 0) is 37.0 Å². The lowest BCUT2D eigenvalue weighted by Crippen LogP contribution is -2.48. The first-order valence-corrected chi connectivity index (χ1v) is 8.40. The maximum Gasteiger partial charge on any atom is 0.228 e. The Morgan fingerprint density at radius 1 is 1.33 bits per heavy atom. The number of likely N-dealkylation sites (tertiary alicyclic amines) is 1. The number of amides is 2. The summed E-state index contributed by atoms with van der Waals surface area (Å²) >= 11 is 0. The maximum atomic E-state index is 14.1. The monoisotopic (exact) mass is 334 g/mol. The highest BCUT2D eigenvalue weighted by Crippen LogP contribution is 2.30. The van der Waals surface area contributed by atoms with Crippen molar-refractivity contribution in [3.8, 4) is 0 Å². The van der Waals surface area contributed by atoms with Crippen LogP contribution in [0.1, 0.15) is 25.3 Å². The molecule has 2 fully saturated rings. The second kappa shape index (κ2) is 6.51. The van der Waals surface area contributed by atoms with Crippen molar-refractivity contribution in [3.63, 3.8) is 0 Å². The molecular formula is C18H23FN2O3. The Morgan fingerprint density at radius 2 is 2.08 bits per heavy atom. The van der Waals surface area contributed by atoms with E-state index in [1.807, 2.05) is 6.92 Å². The predicted octanol–water partition coefficient (Wildman–Crippen LogP) is 1.72. The number of carbonyl (C=O) groups excluding carboxylic acids is 2. The average Bonchev–Trinajstić information content (AvgIpc) is 2.91. The van der Waals surface area contributed by atoms with Gasteiger partial charge in [0.25, 0.3) is 0 Å². The van der Waals surface area contributed by atoms with Crippen LogP contribution in [-0.2, 0) is 9.59 Å². The number of aliphatic hydroxyl groups excluding tert-OH is 1. The number of hydrogen-bond donors (Lipinski definition) is 1. The zero-order valence-corrected chi connectivity index (χ0v) is 14.0. The van der Waals surface area contributed by atoms with E-state index in [2.05, 4.69) is 0 Å². The fraction of sp³-hybridized carbons (Fsp3) is 0.556. The summed E-state index contributed by atoms with van der Waals surface area (Å²) in [4.78, 5) is 27.9. The minimum Gasteiger partial charge on any atom is -0.391 e. The minimum absolute atomic E-state index is 0.0916. The first-order chi connectivity index (χ1) is 11.4. The van der Waals surface area contributed by atoms with Crippen LogP contribution in [0.3, 0.4) is 0 Å². The van der Waals surface area contributed by atoms with Gasteiger partial charge in [0.2, 0.25) is 11.8 Å². The maximum absolute atomic E-state index is 14.1. The van der Waals surface area contributed by atoms with Gasteiger partial charge in [0.15, 0.2) is 0 Å². The van der Waals surface area contributed by atoms with E-state index in [9.17, 15) is 19.1 Å². The lowest BCUT2D eigenvalue weighted by Gasteiger charge is -2.35. The second-order valence-corrected chi connectivity index (χ2v) is 6.98. The van der Waals surface area contributed by atoms with Gasteiger partial charge in [-0.15, -0.1) is 0 Å². The fourth-order valence-electron chi connectivity index (χ4n) is 3.44. The molecule has 6 heteroatoms. The van der Waals surface area contributed by atoms with E-state index < -0.39 is 17.8 Å². The first kappa shape index (κ1) is 16.9. The number of aliphatic hydroxyl groups is 1. The summed E-state index contributed by atoms with van der Waals surface area (Å²) in [5, 5.41) is 9.96. The Morgan fingerprint density at radius 3 is 2.75 bits per heavy atom. The summed E-state index contributed by atoms with van der Waals surface area (Å²) in [6.07, 6.45) is 0.323. The van der Waals surface area contributed by atoms with E-state index in [-0.39, 0.29) is 36.4 Å². The highest BCUT2D eigenvalue weighted by molar-refractivity contribution is 6.00. The van der Waals surface area contributed by atoms with Crippen LogP contribution < -0.4 is 4.90 Å². The highest BCUT2D eigenvalue weighted by Gasteiger charge is 2.39. The van der Waals surface area contributed by atoms with Crippen molar-refractivity contribution in [3.05, 3.63) is 29.6 Å². The van der Waals surface area contributed by atoms with Gasteiger partial charge in [-0.25, -0.2) is 4.39 Å². The Bertz CT molecular complexity index is 664. The fourth-order valence-corrected chi connectivity index (χ4v) is 3.44. The molecule has 1 N–H and O–H groups in total. The predicted molar refractivity (Wildman–Crippen MR) is 88.0 cm³/mol. The van der Waals surface area contributed by atoms with Crippen molar-refractivity contribution in [2.24, 2.45) is 11.8 Å². The zero-order valence-electron chi connectivity index (χ0n) is 14.0. The van der Waals surface area contributed by atoms with Crippen LogP contribution in [0.2, 0.25) is 0 Å². The number of carbonyl (C=O) groups is 2. The van der Waals surface area contributed by atoms with Gasteiger partial charge in [0.1, 0.15) is 5.82 Å². The molecule has 2 aliphatic heterocycles. The molecule has 3 rings (SSSR count). The second-order valence-electron chi connectivity index (χ2n) is 6.98. The van der Waals surface area contributed by atoms with Crippen LogP contribution >= 0.6 is 0 Å². The standard InChI is InChI=1S/C18H23FN2O3/c1-11-3-4-15(14(19)7-11)21-9-13(8-17(21)23)18(24)20-6-5-12(2)16(22)10-20/h3-4,7,12-13,16,22H,5-6,8-10H2,1-2H3. The number of anilines is 1. The van der Waals surface area contributed by atoms with E-state index in [0.717, 1.165) is 12.0 Å². The summed E-state index contributed by atoms with van der Waals surface area (Å²) in [6.45, 7) is 4.85. The van der Waals surface area contributed by atoms with Crippen molar-refractivity contribution >= 4 is 17.5 Å². The minimum atomic E-state index is -0.523. The molecule has 0 saturated carbocycles. The third-order valence-corrected chi connectivity index (χ3v) is 5.10. The number of halogens is 1.